The van der Waals surface area contributed by atoms with Gasteiger partial charge in [0.15, 0.2) is 0 Å². The summed E-state index contributed by atoms with van der Waals surface area (Å²) >= 11 is 0. The predicted molar refractivity (Wildman–Crippen MR) is 66.6 cm³/mol. The normalized spacial score (nSPS) is 8.94. The largest absolute Gasteiger partial charge is 0.466 e. The molecular weight excluding hydrogens is 216 g/mol. The van der Waals surface area contributed by atoms with Crippen molar-refractivity contribution in [1.82, 2.24) is 4.57 Å². The van der Waals surface area contributed by atoms with E-state index in [1.807, 2.05) is 27.0 Å². The lowest BCUT2D eigenvalue weighted by atomic mass is 10.1. The molecule has 0 fully saturated rings. The zero-order valence-electron chi connectivity index (χ0n) is 11.2. The highest BCUT2D eigenvalue weighted by Crippen LogP contribution is 2.16. The van der Waals surface area contributed by atoms with Crippen molar-refractivity contribution < 1.29 is 9.53 Å². The van der Waals surface area contributed by atoms with E-state index in [1.165, 1.54) is 0 Å². The highest BCUT2D eigenvalue weighted by atomic mass is 16.5. The van der Waals surface area contributed by atoms with Crippen LogP contribution < -0.4 is 0 Å². The van der Waals surface area contributed by atoms with Crippen molar-refractivity contribution in [2.45, 2.75) is 34.1 Å². The molecule has 0 radical (unpaired) electrons. The number of nitrogens with zero attached hydrogens (tertiary/aromatic N) is 2. The van der Waals surface area contributed by atoms with E-state index in [0.29, 0.717) is 12.3 Å². The topological polar surface area (TPSA) is 55.0 Å². The fourth-order valence-corrected chi connectivity index (χ4v) is 1.56. The van der Waals surface area contributed by atoms with Crippen LogP contribution in [0.1, 0.15) is 37.6 Å². The third-order valence-electron chi connectivity index (χ3n) is 2.23. The molecule has 1 heterocycles. The van der Waals surface area contributed by atoms with Gasteiger partial charge in [0.25, 0.3) is 0 Å². The second-order valence-electron chi connectivity index (χ2n) is 3.34. The van der Waals surface area contributed by atoms with E-state index < -0.39 is 0 Å². The minimum absolute atomic E-state index is 0.170. The highest BCUT2D eigenvalue weighted by Gasteiger charge is 2.14. The molecule has 1 rings (SSSR count). The minimum Gasteiger partial charge on any atom is -0.466 e. The van der Waals surface area contributed by atoms with Gasteiger partial charge in [-0.3, -0.25) is 4.79 Å². The number of carbonyl (C=O) groups excluding carboxylic acids is 1. The first-order valence-electron chi connectivity index (χ1n) is 5.80. The summed E-state index contributed by atoms with van der Waals surface area (Å²) in [7, 11) is 1.79. The molecule has 0 aliphatic rings. The number of rotatable bonds is 3. The third kappa shape index (κ3) is 3.95. The Bertz CT molecular complexity index is 414. The Kier molecular flexibility index (Phi) is 6.73. The van der Waals surface area contributed by atoms with Crippen molar-refractivity contribution in [2.24, 2.45) is 7.05 Å². The lowest BCUT2D eigenvalue weighted by molar-refractivity contribution is -0.142. The van der Waals surface area contributed by atoms with Crippen LogP contribution >= 0.6 is 0 Å². The van der Waals surface area contributed by atoms with E-state index in [1.54, 1.807) is 18.5 Å². The summed E-state index contributed by atoms with van der Waals surface area (Å²) < 4.78 is 6.58. The number of hydrogen-bond donors (Lipinski definition) is 0. The molecule has 0 bridgehead atoms. The number of aryl methyl sites for hydroxylation is 2. The summed E-state index contributed by atoms with van der Waals surface area (Å²) in [5.41, 5.74) is 2.24. The van der Waals surface area contributed by atoms with Crippen LogP contribution in [0.4, 0.5) is 0 Å². The van der Waals surface area contributed by atoms with Crippen LogP contribution in [-0.2, 0) is 23.0 Å². The second-order valence-corrected chi connectivity index (χ2v) is 3.34. The number of ether oxygens (including phenoxy) is 1. The van der Waals surface area contributed by atoms with Crippen LogP contribution in [0, 0.1) is 18.3 Å². The van der Waals surface area contributed by atoms with Crippen LogP contribution in [0.15, 0.2) is 6.20 Å². The van der Waals surface area contributed by atoms with Gasteiger partial charge in [0.2, 0.25) is 0 Å². The standard InChI is InChI=1S/C11H14N2O2.C2H6/c1-4-15-11(14)5-9-8(2)7-13(3)10(9)6-12;1-2/h7H,4-5H2,1-3H3;1-2H3. The van der Waals surface area contributed by atoms with Crippen molar-refractivity contribution >= 4 is 5.97 Å². The molecule has 0 N–H and O–H groups in total. The molecule has 0 saturated carbocycles. The molecule has 0 spiro atoms. The minimum atomic E-state index is -0.289. The molecule has 0 unspecified atom stereocenters. The molecule has 0 aliphatic carbocycles. The van der Waals surface area contributed by atoms with Crippen LogP contribution in [0.2, 0.25) is 0 Å². The first-order valence-corrected chi connectivity index (χ1v) is 5.80. The molecule has 1 aromatic rings. The van der Waals surface area contributed by atoms with Gasteiger partial charge in [-0.25, -0.2) is 0 Å². The smallest absolute Gasteiger partial charge is 0.310 e. The Labute approximate surface area is 103 Å². The van der Waals surface area contributed by atoms with E-state index in [9.17, 15) is 4.79 Å². The van der Waals surface area contributed by atoms with E-state index in [2.05, 4.69) is 6.07 Å². The molecular formula is C13H20N2O2. The van der Waals surface area contributed by atoms with Crippen LogP contribution in [-0.4, -0.2) is 17.1 Å². The van der Waals surface area contributed by atoms with Crippen molar-refractivity contribution in [1.29, 1.82) is 5.26 Å². The molecule has 94 valence electrons. The number of nitriles is 1. The van der Waals surface area contributed by atoms with Crippen molar-refractivity contribution in [3.63, 3.8) is 0 Å². The summed E-state index contributed by atoms with van der Waals surface area (Å²) in [6.07, 6.45) is 2.01. The van der Waals surface area contributed by atoms with Gasteiger partial charge >= 0.3 is 5.97 Å². The third-order valence-corrected chi connectivity index (χ3v) is 2.23. The van der Waals surface area contributed by atoms with Crippen LogP contribution in [0.25, 0.3) is 0 Å². The SMILES string of the molecule is CC.CCOC(=O)Cc1c(C)cn(C)c1C#N. The molecule has 0 aromatic carbocycles. The fraction of sp³-hybridized carbons (Fsp3) is 0.538. The van der Waals surface area contributed by atoms with E-state index in [-0.39, 0.29) is 12.4 Å². The summed E-state index contributed by atoms with van der Waals surface area (Å²) in [5, 5.41) is 8.93. The summed E-state index contributed by atoms with van der Waals surface area (Å²) in [6.45, 7) is 8.02. The molecule has 1 aromatic heterocycles. The molecule has 0 atom stereocenters. The number of carbonyl (C=O) groups is 1. The number of hydrogen-bond acceptors (Lipinski definition) is 3. The zero-order valence-corrected chi connectivity index (χ0v) is 11.2. The van der Waals surface area contributed by atoms with Crippen molar-refractivity contribution in [3.8, 4) is 6.07 Å². The Morgan fingerprint density at radius 1 is 1.53 bits per heavy atom. The fourth-order valence-electron chi connectivity index (χ4n) is 1.56. The summed E-state index contributed by atoms with van der Waals surface area (Å²) in [6, 6.07) is 2.09. The van der Waals surface area contributed by atoms with Crippen molar-refractivity contribution in [2.75, 3.05) is 6.61 Å². The quantitative estimate of drug-likeness (QED) is 0.757. The average molecular weight is 236 g/mol. The maximum absolute atomic E-state index is 11.3. The molecule has 4 heteroatoms. The molecule has 0 amide bonds. The van der Waals surface area contributed by atoms with Gasteiger partial charge in [-0.1, -0.05) is 13.8 Å². The van der Waals surface area contributed by atoms with Crippen molar-refractivity contribution in [3.05, 3.63) is 23.0 Å². The Hall–Kier alpha value is -1.76. The lowest BCUT2D eigenvalue weighted by Gasteiger charge is -2.02. The monoisotopic (exact) mass is 236 g/mol. The average Bonchev–Trinajstić information content (AvgIpc) is 2.56. The molecule has 17 heavy (non-hydrogen) atoms. The van der Waals surface area contributed by atoms with Gasteiger partial charge in [-0.05, 0) is 19.4 Å². The van der Waals surface area contributed by atoms with Gasteiger partial charge < -0.3 is 9.30 Å². The maximum Gasteiger partial charge on any atom is 0.310 e. The molecule has 0 aliphatic heterocycles. The van der Waals surface area contributed by atoms with Gasteiger partial charge in [0.05, 0.1) is 13.0 Å². The van der Waals surface area contributed by atoms with Gasteiger partial charge in [0, 0.05) is 18.8 Å². The van der Waals surface area contributed by atoms with Gasteiger partial charge in [-0.2, -0.15) is 5.26 Å². The summed E-state index contributed by atoms with van der Waals surface area (Å²) in [4.78, 5) is 11.3. The predicted octanol–water partition coefficient (Wildman–Crippen LogP) is 2.34. The number of esters is 1. The Balaban J connectivity index is 0.00000121. The van der Waals surface area contributed by atoms with Gasteiger partial charge in [-0.15, -0.1) is 0 Å². The van der Waals surface area contributed by atoms with E-state index in [0.717, 1.165) is 11.1 Å². The molecule has 0 saturated heterocycles. The van der Waals surface area contributed by atoms with Gasteiger partial charge in [0.1, 0.15) is 11.8 Å². The van der Waals surface area contributed by atoms with E-state index in [4.69, 9.17) is 10.00 Å². The van der Waals surface area contributed by atoms with Crippen LogP contribution in [0.5, 0.6) is 0 Å². The highest BCUT2D eigenvalue weighted by molar-refractivity contribution is 5.74. The van der Waals surface area contributed by atoms with E-state index >= 15 is 0 Å². The number of aromatic nitrogens is 1. The maximum atomic E-state index is 11.3. The first kappa shape index (κ1) is 15.2. The Morgan fingerprint density at radius 3 is 2.59 bits per heavy atom. The van der Waals surface area contributed by atoms with Crippen LogP contribution in [0.3, 0.4) is 0 Å². The molecule has 4 nitrogen and oxygen atoms in total. The Morgan fingerprint density at radius 2 is 2.12 bits per heavy atom. The first-order chi connectivity index (χ1) is 8.10. The lowest BCUT2D eigenvalue weighted by Crippen LogP contribution is -2.09. The zero-order chi connectivity index (χ0) is 13.4. The summed E-state index contributed by atoms with van der Waals surface area (Å²) in [5.74, 6) is -0.289. The second kappa shape index (κ2) is 7.50.